The third kappa shape index (κ3) is 4.24. The Morgan fingerprint density at radius 1 is 0.842 bits per heavy atom. The number of nitrogens with zero attached hydrogens (tertiary/aromatic N) is 6. The molecule has 6 rings (SSSR count). The fourth-order valence-electron chi connectivity index (χ4n) is 4.99. The van der Waals surface area contributed by atoms with Gasteiger partial charge in [0.1, 0.15) is 17.2 Å². The van der Waals surface area contributed by atoms with E-state index in [1.165, 1.54) is 0 Å². The van der Waals surface area contributed by atoms with E-state index >= 15 is 4.39 Å². The normalized spacial score (nSPS) is 11.4. The highest BCUT2D eigenvalue weighted by atomic mass is 19.1. The maximum absolute atomic E-state index is 15.8. The Kier molecular flexibility index (Phi) is 5.99. The van der Waals surface area contributed by atoms with Crippen molar-refractivity contribution in [2.75, 3.05) is 0 Å². The number of tetrazole rings is 1. The van der Waals surface area contributed by atoms with Crippen LogP contribution in [0.25, 0.3) is 44.8 Å². The van der Waals surface area contributed by atoms with Gasteiger partial charge in [-0.1, -0.05) is 55.5 Å². The Hall–Kier alpha value is -4.72. The molecule has 8 heteroatoms. The molecule has 6 aromatic rings. The Morgan fingerprint density at radius 3 is 2.39 bits per heavy atom. The predicted molar refractivity (Wildman–Crippen MR) is 146 cm³/mol. The largest absolute Gasteiger partial charge is 0.308 e. The number of aromatic nitrogens is 7. The summed E-state index contributed by atoms with van der Waals surface area (Å²) in [5.41, 5.74) is 8.49. The van der Waals surface area contributed by atoms with Gasteiger partial charge < -0.3 is 4.57 Å². The van der Waals surface area contributed by atoms with Crippen LogP contribution in [0.5, 0.6) is 0 Å². The zero-order valence-electron chi connectivity index (χ0n) is 21.4. The standard InChI is InChI=1S/C30H26FN7/c1-4-27-33-28-18(2)14-19(3)32-30(28)38(27)17-20-10-12-23(26(31)15-20)25-16-22(21-8-6-5-7-9-21)11-13-24(25)29-34-36-37-35-29/h5-16H,4,17H2,1-3H3,(H,34,35,36,37). The van der Waals surface area contributed by atoms with Crippen molar-refractivity contribution < 1.29 is 4.39 Å². The molecule has 0 radical (unpaired) electrons. The summed E-state index contributed by atoms with van der Waals surface area (Å²) >= 11 is 0. The number of rotatable bonds is 6. The van der Waals surface area contributed by atoms with Crippen molar-refractivity contribution in [3.05, 3.63) is 101 Å². The molecule has 0 atom stereocenters. The quantitative estimate of drug-likeness (QED) is 0.288. The number of imidazole rings is 1. The topological polar surface area (TPSA) is 85.2 Å². The lowest BCUT2D eigenvalue weighted by atomic mass is 9.93. The number of pyridine rings is 1. The van der Waals surface area contributed by atoms with Gasteiger partial charge in [-0.25, -0.2) is 14.4 Å². The third-order valence-corrected chi connectivity index (χ3v) is 6.79. The SMILES string of the molecule is CCc1nc2c(C)cc(C)nc2n1Cc1ccc(-c2cc(-c3ccccc3)ccc2-c2nn[nH]n2)c(F)c1. The first-order valence-electron chi connectivity index (χ1n) is 12.6. The van der Waals surface area contributed by atoms with Gasteiger partial charge in [0.25, 0.3) is 0 Å². The van der Waals surface area contributed by atoms with Gasteiger partial charge in [0.2, 0.25) is 5.82 Å². The molecule has 0 saturated heterocycles. The van der Waals surface area contributed by atoms with E-state index in [1.54, 1.807) is 6.07 Å². The van der Waals surface area contributed by atoms with Gasteiger partial charge in [0, 0.05) is 23.2 Å². The lowest BCUT2D eigenvalue weighted by Gasteiger charge is -2.13. The highest BCUT2D eigenvalue weighted by molar-refractivity contribution is 5.85. The van der Waals surface area contributed by atoms with E-state index in [1.807, 2.05) is 80.6 Å². The van der Waals surface area contributed by atoms with Crippen LogP contribution in [0.4, 0.5) is 4.39 Å². The van der Waals surface area contributed by atoms with E-state index in [0.717, 1.165) is 51.4 Å². The minimum Gasteiger partial charge on any atom is -0.308 e. The summed E-state index contributed by atoms with van der Waals surface area (Å²) in [6, 6.07) is 23.3. The van der Waals surface area contributed by atoms with Crippen molar-refractivity contribution in [2.24, 2.45) is 0 Å². The van der Waals surface area contributed by atoms with Crippen molar-refractivity contribution >= 4 is 11.2 Å². The zero-order chi connectivity index (χ0) is 26.2. The van der Waals surface area contributed by atoms with Crippen LogP contribution in [0.1, 0.15) is 29.6 Å². The number of halogens is 1. The molecule has 0 spiro atoms. The number of fused-ring (bicyclic) bond motifs is 1. The number of hydrogen-bond acceptors (Lipinski definition) is 5. The van der Waals surface area contributed by atoms with E-state index < -0.39 is 0 Å². The molecule has 3 heterocycles. The molecule has 7 nitrogen and oxygen atoms in total. The second-order valence-corrected chi connectivity index (χ2v) is 9.40. The van der Waals surface area contributed by atoms with Crippen LogP contribution < -0.4 is 0 Å². The number of H-pyrrole nitrogens is 1. The average Bonchev–Trinajstić information content (AvgIpc) is 3.58. The Bertz CT molecular complexity index is 1760. The van der Waals surface area contributed by atoms with Gasteiger partial charge in [-0.3, -0.25) is 0 Å². The predicted octanol–water partition coefficient (Wildman–Crippen LogP) is 6.31. The van der Waals surface area contributed by atoms with E-state index in [-0.39, 0.29) is 5.82 Å². The summed E-state index contributed by atoms with van der Waals surface area (Å²) in [7, 11) is 0. The molecule has 3 aromatic carbocycles. The summed E-state index contributed by atoms with van der Waals surface area (Å²) in [6.07, 6.45) is 0.760. The fourth-order valence-corrected chi connectivity index (χ4v) is 4.99. The molecular formula is C30H26FN7. The monoisotopic (exact) mass is 503 g/mol. The van der Waals surface area contributed by atoms with Crippen molar-refractivity contribution in [1.29, 1.82) is 0 Å². The molecule has 0 amide bonds. The first-order valence-corrected chi connectivity index (χ1v) is 12.6. The Balaban J connectivity index is 1.43. The number of aryl methyl sites for hydroxylation is 3. The van der Waals surface area contributed by atoms with Crippen LogP contribution in [0, 0.1) is 19.7 Å². The maximum Gasteiger partial charge on any atom is 0.205 e. The van der Waals surface area contributed by atoms with Crippen LogP contribution in [-0.2, 0) is 13.0 Å². The van der Waals surface area contributed by atoms with Gasteiger partial charge in [-0.2, -0.15) is 5.21 Å². The van der Waals surface area contributed by atoms with Crippen molar-refractivity contribution in [3.63, 3.8) is 0 Å². The van der Waals surface area contributed by atoms with Gasteiger partial charge in [-0.15, -0.1) is 10.2 Å². The molecule has 0 fully saturated rings. The molecule has 0 saturated carbocycles. The molecule has 3 aromatic heterocycles. The smallest absolute Gasteiger partial charge is 0.205 e. The molecule has 0 aliphatic carbocycles. The van der Waals surface area contributed by atoms with Crippen LogP contribution in [0.3, 0.4) is 0 Å². The summed E-state index contributed by atoms with van der Waals surface area (Å²) in [5, 5.41) is 14.5. The fraction of sp³-hybridized carbons (Fsp3) is 0.167. The van der Waals surface area contributed by atoms with Crippen molar-refractivity contribution in [3.8, 4) is 33.6 Å². The van der Waals surface area contributed by atoms with Crippen LogP contribution in [0.15, 0.2) is 72.8 Å². The molecule has 0 aliphatic rings. The van der Waals surface area contributed by atoms with Gasteiger partial charge in [0.05, 0.1) is 6.54 Å². The molecule has 1 N–H and O–H groups in total. The molecular weight excluding hydrogens is 477 g/mol. The van der Waals surface area contributed by atoms with Crippen molar-refractivity contribution in [2.45, 2.75) is 33.7 Å². The van der Waals surface area contributed by atoms with E-state index in [9.17, 15) is 0 Å². The summed E-state index contributed by atoms with van der Waals surface area (Å²) in [5.74, 6) is 1.03. The minimum atomic E-state index is -0.319. The lowest BCUT2D eigenvalue weighted by molar-refractivity contribution is 0.626. The molecule has 188 valence electrons. The lowest BCUT2D eigenvalue weighted by Crippen LogP contribution is -2.06. The minimum absolute atomic E-state index is 0.319. The van der Waals surface area contributed by atoms with Gasteiger partial charge in [-0.05, 0) is 71.1 Å². The average molecular weight is 504 g/mol. The molecule has 0 unspecified atom stereocenters. The second kappa shape index (κ2) is 9.63. The number of aromatic amines is 1. The van der Waals surface area contributed by atoms with E-state index in [0.29, 0.717) is 29.1 Å². The van der Waals surface area contributed by atoms with Crippen LogP contribution >= 0.6 is 0 Å². The molecule has 0 aliphatic heterocycles. The highest BCUT2D eigenvalue weighted by Gasteiger charge is 2.18. The van der Waals surface area contributed by atoms with Gasteiger partial charge in [0.15, 0.2) is 5.65 Å². The second-order valence-electron chi connectivity index (χ2n) is 9.40. The first kappa shape index (κ1) is 23.7. The number of nitrogens with one attached hydrogen (secondary N) is 1. The summed E-state index contributed by atoms with van der Waals surface area (Å²) < 4.78 is 17.9. The Labute approximate surface area is 219 Å². The van der Waals surface area contributed by atoms with E-state index in [4.69, 9.17) is 9.97 Å². The van der Waals surface area contributed by atoms with Gasteiger partial charge >= 0.3 is 0 Å². The van der Waals surface area contributed by atoms with Crippen LogP contribution in [-0.4, -0.2) is 35.2 Å². The number of benzene rings is 3. The highest BCUT2D eigenvalue weighted by Crippen LogP contribution is 2.36. The Morgan fingerprint density at radius 2 is 1.66 bits per heavy atom. The third-order valence-electron chi connectivity index (χ3n) is 6.79. The summed E-state index contributed by atoms with van der Waals surface area (Å²) in [6.45, 7) is 6.58. The maximum atomic E-state index is 15.8. The molecule has 38 heavy (non-hydrogen) atoms. The number of hydrogen-bond donors (Lipinski definition) is 1. The first-order chi connectivity index (χ1) is 18.5. The summed E-state index contributed by atoms with van der Waals surface area (Å²) in [4.78, 5) is 9.57. The van der Waals surface area contributed by atoms with Crippen LogP contribution in [0.2, 0.25) is 0 Å². The van der Waals surface area contributed by atoms with E-state index in [2.05, 4.69) is 32.1 Å². The molecule has 0 bridgehead atoms. The van der Waals surface area contributed by atoms with Crippen molar-refractivity contribution in [1.82, 2.24) is 35.2 Å². The zero-order valence-corrected chi connectivity index (χ0v) is 21.4.